The Morgan fingerprint density at radius 2 is 1.75 bits per heavy atom. The SMILES string of the molecule is C[C@@H](N)c1ccnc(Sc2ccc(C(C)(C)C)cc2)c1. The van der Waals surface area contributed by atoms with Crippen LogP contribution in [0.25, 0.3) is 0 Å². The summed E-state index contributed by atoms with van der Waals surface area (Å²) in [6, 6.07) is 12.8. The van der Waals surface area contributed by atoms with Crippen LogP contribution in [0.1, 0.15) is 44.9 Å². The maximum atomic E-state index is 5.91. The van der Waals surface area contributed by atoms with Gasteiger partial charge in [0.2, 0.25) is 0 Å². The second kappa shape index (κ2) is 5.98. The minimum absolute atomic E-state index is 0.0422. The van der Waals surface area contributed by atoms with Gasteiger partial charge in [-0.15, -0.1) is 0 Å². The molecule has 0 fully saturated rings. The van der Waals surface area contributed by atoms with Gasteiger partial charge < -0.3 is 5.73 Å². The first kappa shape index (κ1) is 15.1. The van der Waals surface area contributed by atoms with Crippen LogP contribution in [0.5, 0.6) is 0 Å². The van der Waals surface area contributed by atoms with Crippen molar-refractivity contribution in [3.05, 3.63) is 53.7 Å². The molecule has 3 heteroatoms. The zero-order valence-electron chi connectivity index (χ0n) is 12.6. The molecule has 1 aromatic heterocycles. The molecule has 2 rings (SSSR count). The summed E-state index contributed by atoms with van der Waals surface area (Å²) in [5, 5.41) is 0.989. The topological polar surface area (TPSA) is 38.9 Å². The fourth-order valence-corrected chi connectivity index (χ4v) is 2.73. The van der Waals surface area contributed by atoms with Crippen LogP contribution in [0.2, 0.25) is 0 Å². The number of pyridine rings is 1. The standard InChI is InChI=1S/C17H22N2S/c1-12(18)13-9-10-19-16(11-13)20-15-7-5-14(6-8-15)17(2,3)4/h5-12H,18H2,1-4H3/t12-/m1/s1. The van der Waals surface area contributed by atoms with E-state index in [1.165, 1.54) is 10.5 Å². The molecule has 1 atom stereocenters. The van der Waals surface area contributed by atoms with Crippen molar-refractivity contribution < 1.29 is 0 Å². The lowest BCUT2D eigenvalue weighted by Crippen LogP contribution is -2.10. The van der Waals surface area contributed by atoms with E-state index in [4.69, 9.17) is 5.73 Å². The van der Waals surface area contributed by atoms with Gasteiger partial charge in [0, 0.05) is 17.1 Å². The van der Waals surface area contributed by atoms with Crippen LogP contribution in [0.3, 0.4) is 0 Å². The lowest BCUT2D eigenvalue weighted by Gasteiger charge is -2.19. The van der Waals surface area contributed by atoms with Crippen molar-refractivity contribution in [1.82, 2.24) is 4.98 Å². The summed E-state index contributed by atoms with van der Waals surface area (Å²) in [6.07, 6.45) is 1.82. The van der Waals surface area contributed by atoms with E-state index in [9.17, 15) is 0 Å². The molecule has 20 heavy (non-hydrogen) atoms. The number of aromatic nitrogens is 1. The van der Waals surface area contributed by atoms with E-state index in [1.54, 1.807) is 11.8 Å². The highest BCUT2D eigenvalue weighted by atomic mass is 32.2. The van der Waals surface area contributed by atoms with Gasteiger partial charge in [0.25, 0.3) is 0 Å². The van der Waals surface area contributed by atoms with Gasteiger partial charge in [0.15, 0.2) is 0 Å². The summed E-state index contributed by atoms with van der Waals surface area (Å²) in [5.74, 6) is 0. The quantitative estimate of drug-likeness (QED) is 0.899. The zero-order valence-corrected chi connectivity index (χ0v) is 13.4. The second-order valence-electron chi connectivity index (χ2n) is 6.09. The van der Waals surface area contributed by atoms with E-state index in [-0.39, 0.29) is 11.5 Å². The Morgan fingerprint density at radius 3 is 2.30 bits per heavy atom. The summed E-state index contributed by atoms with van der Waals surface area (Å²) in [4.78, 5) is 5.60. The smallest absolute Gasteiger partial charge is 0.101 e. The predicted molar refractivity (Wildman–Crippen MR) is 86.1 cm³/mol. The molecule has 1 aromatic carbocycles. The van der Waals surface area contributed by atoms with Crippen molar-refractivity contribution in [3.8, 4) is 0 Å². The Morgan fingerprint density at radius 1 is 1.10 bits per heavy atom. The fourth-order valence-electron chi connectivity index (χ4n) is 1.91. The zero-order chi connectivity index (χ0) is 14.8. The third-order valence-corrected chi connectivity index (χ3v) is 4.17. The summed E-state index contributed by atoms with van der Waals surface area (Å²) >= 11 is 1.67. The first-order valence-corrected chi connectivity index (χ1v) is 7.68. The molecule has 0 aliphatic carbocycles. The van der Waals surface area contributed by atoms with E-state index >= 15 is 0 Å². The largest absolute Gasteiger partial charge is 0.324 e. The summed E-state index contributed by atoms with van der Waals surface area (Å²) in [6.45, 7) is 8.66. The molecule has 0 saturated heterocycles. The predicted octanol–water partition coefficient (Wildman–Crippen LogP) is 4.55. The van der Waals surface area contributed by atoms with Gasteiger partial charge in [0.1, 0.15) is 5.03 Å². The van der Waals surface area contributed by atoms with Gasteiger partial charge in [-0.1, -0.05) is 44.7 Å². The highest BCUT2D eigenvalue weighted by molar-refractivity contribution is 7.99. The molecule has 0 unspecified atom stereocenters. The number of benzene rings is 1. The molecule has 2 nitrogen and oxygen atoms in total. The molecule has 0 aliphatic heterocycles. The third-order valence-electron chi connectivity index (χ3n) is 3.23. The molecule has 0 amide bonds. The van der Waals surface area contributed by atoms with Crippen molar-refractivity contribution in [2.75, 3.05) is 0 Å². The lowest BCUT2D eigenvalue weighted by molar-refractivity contribution is 0.590. The molecule has 0 radical (unpaired) electrons. The number of rotatable bonds is 3. The van der Waals surface area contributed by atoms with Gasteiger partial charge in [-0.3, -0.25) is 0 Å². The minimum Gasteiger partial charge on any atom is -0.324 e. The molecular weight excluding hydrogens is 264 g/mol. The van der Waals surface area contributed by atoms with Crippen molar-refractivity contribution in [2.45, 2.75) is 49.1 Å². The van der Waals surface area contributed by atoms with E-state index in [0.717, 1.165) is 10.6 Å². The average Bonchev–Trinajstić information content (AvgIpc) is 2.38. The molecule has 0 spiro atoms. The van der Waals surface area contributed by atoms with Gasteiger partial charge in [-0.05, 0) is 47.7 Å². The molecule has 2 N–H and O–H groups in total. The van der Waals surface area contributed by atoms with E-state index in [2.05, 4.69) is 56.1 Å². The summed E-state index contributed by atoms with van der Waals surface area (Å²) < 4.78 is 0. The van der Waals surface area contributed by atoms with E-state index < -0.39 is 0 Å². The molecule has 106 valence electrons. The molecule has 2 aromatic rings. The first-order chi connectivity index (χ1) is 9.36. The molecule has 1 heterocycles. The van der Waals surface area contributed by atoms with Crippen LogP contribution < -0.4 is 5.73 Å². The normalized spacial score (nSPS) is 13.2. The Bertz CT molecular complexity index is 568. The molecule has 0 saturated carbocycles. The van der Waals surface area contributed by atoms with Crippen LogP contribution in [-0.2, 0) is 5.41 Å². The number of hydrogen-bond acceptors (Lipinski definition) is 3. The minimum atomic E-state index is 0.0422. The maximum absolute atomic E-state index is 5.91. The van der Waals surface area contributed by atoms with E-state index in [0.29, 0.717) is 0 Å². The monoisotopic (exact) mass is 286 g/mol. The van der Waals surface area contributed by atoms with Crippen LogP contribution in [0.4, 0.5) is 0 Å². The Hall–Kier alpha value is -1.32. The molecular formula is C17H22N2S. The maximum Gasteiger partial charge on any atom is 0.101 e. The summed E-state index contributed by atoms with van der Waals surface area (Å²) in [5.41, 5.74) is 8.56. The highest BCUT2D eigenvalue weighted by Gasteiger charge is 2.13. The van der Waals surface area contributed by atoms with Crippen LogP contribution in [0, 0.1) is 0 Å². The van der Waals surface area contributed by atoms with Gasteiger partial charge in [-0.2, -0.15) is 0 Å². The second-order valence-corrected chi connectivity index (χ2v) is 7.19. The Kier molecular flexibility index (Phi) is 4.51. The first-order valence-electron chi connectivity index (χ1n) is 6.86. The van der Waals surface area contributed by atoms with Crippen molar-refractivity contribution in [2.24, 2.45) is 5.73 Å². The summed E-state index contributed by atoms with van der Waals surface area (Å²) in [7, 11) is 0. The van der Waals surface area contributed by atoms with Crippen molar-refractivity contribution in [1.29, 1.82) is 0 Å². The van der Waals surface area contributed by atoms with Crippen LogP contribution in [0.15, 0.2) is 52.5 Å². The number of nitrogens with zero attached hydrogens (tertiary/aromatic N) is 1. The van der Waals surface area contributed by atoms with Crippen LogP contribution in [-0.4, -0.2) is 4.98 Å². The van der Waals surface area contributed by atoms with E-state index in [1.807, 2.05) is 19.2 Å². The Labute approximate surface area is 125 Å². The van der Waals surface area contributed by atoms with Crippen molar-refractivity contribution in [3.63, 3.8) is 0 Å². The lowest BCUT2D eigenvalue weighted by atomic mass is 9.87. The van der Waals surface area contributed by atoms with Crippen molar-refractivity contribution >= 4 is 11.8 Å². The third kappa shape index (κ3) is 3.84. The molecule has 0 aliphatic rings. The molecule has 0 bridgehead atoms. The van der Waals surface area contributed by atoms with Gasteiger partial charge in [0.05, 0.1) is 0 Å². The fraction of sp³-hybridized carbons (Fsp3) is 0.353. The average molecular weight is 286 g/mol. The Balaban J connectivity index is 2.16. The van der Waals surface area contributed by atoms with Gasteiger partial charge >= 0.3 is 0 Å². The number of nitrogens with two attached hydrogens (primary N) is 1. The van der Waals surface area contributed by atoms with Crippen LogP contribution >= 0.6 is 11.8 Å². The highest BCUT2D eigenvalue weighted by Crippen LogP contribution is 2.30. The number of hydrogen-bond donors (Lipinski definition) is 1. The van der Waals surface area contributed by atoms with Gasteiger partial charge in [-0.25, -0.2) is 4.98 Å².